The molecule has 0 aliphatic heterocycles. The maximum absolute atomic E-state index is 12.4. The fourth-order valence-electron chi connectivity index (χ4n) is 2.27. The van der Waals surface area contributed by atoms with E-state index in [-0.39, 0.29) is 6.54 Å². The Balaban J connectivity index is 1.79. The van der Waals surface area contributed by atoms with Crippen molar-refractivity contribution in [1.82, 2.24) is 14.5 Å². The highest BCUT2D eigenvalue weighted by Crippen LogP contribution is 2.28. The number of aromatic nitrogens is 2. The van der Waals surface area contributed by atoms with Crippen LogP contribution in [0.1, 0.15) is 12.5 Å². The van der Waals surface area contributed by atoms with Crippen molar-refractivity contribution in [2.75, 3.05) is 0 Å². The van der Waals surface area contributed by atoms with Crippen LogP contribution in [0.5, 0.6) is 0 Å². The third-order valence-corrected chi connectivity index (χ3v) is 6.30. The van der Waals surface area contributed by atoms with Crippen molar-refractivity contribution in [2.24, 2.45) is 0 Å². The average molecular weight is 347 g/mol. The highest BCUT2D eigenvalue weighted by Gasteiger charge is 2.18. The number of hydrogen-bond acceptors (Lipinski definition) is 4. The molecule has 0 aliphatic carbocycles. The molecule has 0 radical (unpaired) electrons. The van der Waals surface area contributed by atoms with E-state index < -0.39 is 10.0 Å². The molecular formula is C16H17N3O2S2. The average Bonchev–Trinajstić information content (AvgIpc) is 3.22. The topological polar surface area (TPSA) is 64.0 Å². The van der Waals surface area contributed by atoms with Crippen LogP contribution in [0.15, 0.2) is 58.3 Å². The van der Waals surface area contributed by atoms with Crippen LogP contribution >= 0.6 is 11.3 Å². The van der Waals surface area contributed by atoms with Gasteiger partial charge in [-0.3, -0.25) is 4.68 Å². The second-order valence-electron chi connectivity index (χ2n) is 5.00. The van der Waals surface area contributed by atoms with Crippen molar-refractivity contribution < 1.29 is 8.42 Å². The number of aryl methyl sites for hydroxylation is 1. The molecule has 0 bridgehead atoms. The minimum absolute atomic E-state index is 0.281. The van der Waals surface area contributed by atoms with Gasteiger partial charge in [0.2, 0.25) is 10.0 Å². The summed E-state index contributed by atoms with van der Waals surface area (Å²) in [6.45, 7) is 3.03. The van der Waals surface area contributed by atoms with Gasteiger partial charge in [0.15, 0.2) is 0 Å². The molecule has 120 valence electrons. The van der Waals surface area contributed by atoms with Crippen LogP contribution in [0.3, 0.4) is 0 Å². The number of benzene rings is 1. The van der Waals surface area contributed by atoms with E-state index in [9.17, 15) is 8.42 Å². The molecule has 0 spiro atoms. The van der Waals surface area contributed by atoms with Gasteiger partial charge in [-0.15, -0.1) is 11.3 Å². The van der Waals surface area contributed by atoms with Gasteiger partial charge in [0.25, 0.3) is 0 Å². The molecule has 0 saturated heterocycles. The van der Waals surface area contributed by atoms with Gasteiger partial charge >= 0.3 is 0 Å². The highest BCUT2D eigenvalue weighted by atomic mass is 32.2. The molecule has 2 aromatic heterocycles. The number of sulfonamides is 1. The molecule has 0 fully saturated rings. The quantitative estimate of drug-likeness (QED) is 0.745. The standard InChI is InChI=1S/C16H17N3O2S2/c1-2-19-15(8-9-17-19)14-10-16(22-12-14)23(20,21)18-11-13-6-4-3-5-7-13/h3-10,12,18H,2,11H2,1H3. The number of thiophene rings is 1. The lowest BCUT2D eigenvalue weighted by molar-refractivity contribution is 0.583. The fraction of sp³-hybridized carbons (Fsp3) is 0.188. The zero-order valence-corrected chi connectivity index (χ0v) is 14.3. The van der Waals surface area contributed by atoms with Crippen LogP contribution in [0, 0.1) is 0 Å². The van der Waals surface area contributed by atoms with Crippen molar-refractivity contribution in [1.29, 1.82) is 0 Å². The van der Waals surface area contributed by atoms with Crippen molar-refractivity contribution >= 4 is 21.4 Å². The predicted octanol–water partition coefficient (Wildman–Crippen LogP) is 3.11. The first-order valence-corrected chi connectivity index (χ1v) is 9.61. The lowest BCUT2D eigenvalue weighted by Crippen LogP contribution is -2.22. The maximum atomic E-state index is 12.4. The van der Waals surface area contributed by atoms with E-state index in [0.29, 0.717) is 4.21 Å². The number of rotatable bonds is 6. The van der Waals surface area contributed by atoms with Gasteiger partial charge in [-0.25, -0.2) is 13.1 Å². The summed E-state index contributed by atoms with van der Waals surface area (Å²) in [5, 5.41) is 6.06. The number of nitrogens with zero attached hydrogens (tertiary/aromatic N) is 2. The lowest BCUT2D eigenvalue weighted by atomic mass is 10.2. The second kappa shape index (κ2) is 6.66. The Hall–Kier alpha value is -1.96. The van der Waals surface area contributed by atoms with Crippen molar-refractivity contribution in [3.63, 3.8) is 0 Å². The Morgan fingerprint density at radius 2 is 2.00 bits per heavy atom. The number of hydrogen-bond donors (Lipinski definition) is 1. The normalized spacial score (nSPS) is 11.7. The van der Waals surface area contributed by atoms with Gasteiger partial charge in [-0.1, -0.05) is 30.3 Å². The van der Waals surface area contributed by atoms with Crippen molar-refractivity contribution in [3.05, 3.63) is 59.6 Å². The van der Waals surface area contributed by atoms with Crippen LogP contribution in [-0.2, 0) is 23.1 Å². The molecule has 1 aromatic carbocycles. The van der Waals surface area contributed by atoms with E-state index in [2.05, 4.69) is 9.82 Å². The molecule has 0 saturated carbocycles. The van der Waals surface area contributed by atoms with Gasteiger partial charge < -0.3 is 0 Å². The van der Waals surface area contributed by atoms with Gasteiger partial charge in [0.1, 0.15) is 4.21 Å². The van der Waals surface area contributed by atoms with Gasteiger partial charge in [-0.2, -0.15) is 5.10 Å². The zero-order chi connectivity index (χ0) is 16.3. The minimum Gasteiger partial charge on any atom is -0.265 e. The fourth-order valence-corrected chi connectivity index (χ4v) is 4.50. The Morgan fingerprint density at radius 3 is 2.74 bits per heavy atom. The lowest BCUT2D eigenvalue weighted by Gasteiger charge is -2.04. The van der Waals surface area contributed by atoms with Crippen molar-refractivity contribution in [3.8, 4) is 11.3 Å². The summed E-state index contributed by atoms with van der Waals surface area (Å²) >= 11 is 1.22. The van der Waals surface area contributed by atoms with Crippen LogP contribution in [0.4, 0.5) is 0 Å². The molecule has 0 aliphatic rings. The molecule has 3 aromatic rings. The molecule has 3 rings (SSSR count). The van der Waals surface area contributed by atoms with Crippen molar-refractivity contribution in [2.45, 2.75) is 24.2 Å². The minimum atomic E-state index is -3.51. The largest absolute Gasteiger partial charge is 0.265 e. The first kappa shape index (κ1) is 15.9. The summed E-state index contributed by atoms with van der Waals surface area (Å²) < 4.78 is 29.6. The van der Waals surface area contributed by atoms with E-state index in [1.54, 1.807) is 12.3 Å². The van der Waals surface area contributed by atoms with Gasteiger partial charge in [-0.05, 0) is 24.6 Å². The van der Waals surface area contributed by atoms with Crippen LogP contribution < -0.4 is 4.72 Å². The molecule has 0 amide bonds. The Morgan fingerprint density at radius 1 is 1.22 bits per heavy atom. The molecular weight excluding hydrogens is 330 g/mol. The summed E-state index contributed by atoms with van der Waals surface area (Å²) in [6, 6.07) is 13.0. The van der Waals surface area contributed by atoms with E-state index in [4.69, 9.17) is 0 Å². The van der Waals surface area contributed by atoms with Gasteiger partial charge in [0.05, 0.1) is 5.69 Å². The van der Waals surface area contributed by atoms with Crippen LogP contribution in [0.2, 0.25) is 0 Å². The zero-order valence-electron chi connectivity index (χ0n) is 12.6. The Bertz CT molecular complexity index is 883. The smallest absolute Gasteiger partial charge is 0.250 e. The first-order chi connectivity index (χ1) is 11.1. The molecule has 1 N–H and O–H groups in total. The highest BCUT2D eigenvalue weighted by molar-refractivity contribution is 7.91. The van der Waals surface area contributed by atoms with E-state index in [0.717, 1.165) is 23.4 Å². The van der Waals surface area contributed by atoms with Gasteiger partial charge in [0, 0.05) is 30.2 Å². The van der Waals surface area contributed by atoms with E-state index in [1.807, 2.05) is 53.4 Å². The van der Waals surface area contributed by atoms with Crippen LogP contribution in [-0.4, -0.2) is 18.2 Å². The summed E-state index contributed by atoms with van der Waals surface area (Å²) in [5.74, 6) is 0. The third-order valence-electron chi connectivity index (χ3n) is 3.46. The molecule has 0 atom stereocenters. The molecule has 7 heteroatoms. The Labute approximate surface area is 139 Å². The maximum Gasteiger partial charge on any atom is 0.250 e. The summed E-state index contributed by atoms with van der Waals surface area (Å²) in [4.78, 5) is 0. The second-order valence-corrected chi connectivity index (χ2v) is 7.90. The van der Waals surface area contributed by atoms with E-state index in [1.165, 1.54) is 11.3 Å². The molecule has 23 heavy (non-hydrogen) atoms. The molecule has 0 unspecified atom stereocenters. The summed E-state index contributed by atoms with van der Waals surface area (Å²) in [6.07, 6.45) is 1.72. The predicted molar refractivity (Wildman–Crippen MR) is 91.7 cm³/mol. The molecule has 5 nitrogen and oxygen atoms in total. The van der Waals surface area contributed by atoms with Crippen LogP contribution in [0.25, 0.3) is 11.3 Å². The Kier molecular flexibility index (Phi) is 4.61. The summed E-state index contributed by atoms with van der Waals surface area (Å²) in [7, 11) is -3.51. The number of nitrogens with one attached hydrogen (secondary N) is 1. The monoisotopic (exact) mass is 347 g/mol. The third kappa shape index (κ3) is 3.52. The summed E-state index contributed by atoms with van der Waals surface area (Å²) in [5.41, 5.74) is 2.72. The molecule has 2 heterocycles. The van der Waals surface area contributed by atoms with E-state index >= 15 is 0 Å². The first-order valence-electron chi connectivity index (χ1n) is 7.24. The SMILES string of the molecule is CCn1nccc1-c1csc(S(=O)(=O)NCc2ccccc2)c1.